The van der Waals surface area contributed by atoms with Gasteiger partial charge in [-0.1, -0.05) is 0 Å². The summed E-state index contributed by atoms with van der Waals surface area (Å²) in [4.78, 5) is 39.6. The van der Waals surface area contributed by atoms with E-state index in [1.807, 2.05) is 0 Å². The highest BCUT2D eigenvalue weighted by molar-refractivity contribution is 7.17. The van der Waals surface area contributed by atoms with Crippen LogP contribution in [-0.2, 0) is 16.0 Å². The Balaban J connectivity index is 2.78. The summed E-state index contributed by atoms with van der Waals surface area (Å²) < 4.78 is 5.96. The summed E-state index contributed by atoms with van der Waals surface area (Å²) in [6.07, 6.45) is 0.250. The van der Waals surface area contributed by atoms with Crippen LogP contribution in [0.2, 0.25) is 0 Å². The summed E-state index contributed by atoms with van der Waals surface area (Å²) in [5.74, 6) is -2.19. The van der Waals surface area contributed by atoms with Crippen LogP contribution in [0.3, 0.4) is 0 Å². The van der Waals surface area contributed by atoms with Crippen LogP contribution in [0.1, 0.15) is 29.1 Å². The quantitative estimate of drug-likeness (QED) is 0.812. The molecule has 0 aromatic carbocycles. The van der Waals surface area contributed by atoms with Crippen LogP contribution in [0.15, 0.2) is 10.2 Å². The van der Waals surface area contributed by atoms with Crippen molar-refractivity contribution < 1.29 is 24.5 Å². The Hall–Kier alpha value is -2.26. The first kappa shape index (κ1) is 16.1. The van der Waals surface area contributed by atoms with Crippen LogP contribution in [0.5, 0.6) is 0 Å². The topological polar surface area (TPSA) is 119 Å². The number of ether oxygens (including phenoxy) is 1. The second-order valence-electron chi connectivity index (χ2n) is 4.59. The minimum atomic E-state index is -1.25. The molecule has 0 aliphatic heterocycles. The van der Waals surface area contributed by atoms with Gasteiger partial charge in [-0.05, 0) is 6.92 Å². The summed E-state index contributed by atoms with van der Waals surface area (Å²) in [6, 6.07) is -1.15. The molecule has 2 heterocycles. The minimum absolute atomic E-state index is 0.0632. The molecule has 0 aliphatic carbocycles. The van der Waals surface area contributed by atoms with Gasteiger partial charge in [-0.2, -0.15) is 0 Å². The average Bonchev–Trinajstić information content (AvgIpc) is 2.88. The van der Waals surface area contributed by atoms with E-state index in [1.165, 1.54) is 19.4 Å². The first-order chi connectivity index (χ1) is 10.4. The van der Waals surface area contributed by atoms with E-state index in [2.05, 4.69) is 4.98 Å². The zero-order valence-corrected chi connectivity index (χ0v) is 12.7. The smallest absolute Gasteiger partial charge is 0.337 e. The number of carbonyl (C=O) groups is 2. The maximum Gasteiger partial charge on any atom is 0.337 e. The van der Waals surface area contributed by atoms with E-state index in [0.29, 0.717) is 0 Å². The van der Waals surface area contributed by atoms with Crippen LogP contribution >= 0.6 is 11.3 Å². The Morgan fingerprint density at radius 3 is 2.68 bits per heavy atom. The van der Waals surface area contributed by atoms with Crippen molar-refractivity contribution in [2.24, 2.45) is 0 Å². The molecule has 2 aromatic heterocycles. The first-order valence-electron chi connectivity index (χ1n) is 6.36. The lowest BCUT2D eigenvalue weighted by molar-refractivity contribution is -0.140. The Labute approximate surface area is 128 Å². The lowest BCUT2D eigenvalue weighted by Crippen LogP contribution is -2.32. The van der Waals surface area contributed by atoms with Crippen molar-refractivity contribution in [3.63, 3.8) is 0 Å². The molecule has 1 unspecified atom stereocenters. The van der Waals surface area contributed by atoms with Gasteiger partial charge in [0.15, 0.2) is 0 Å². The van der Waals surface area contributed by atoms with Crippen LogP contribution in [-0.4, -0.2) is 45.4 Å². The van der Waals surface area contributed by atoms with Gasteiger partial charge in [0.25, 0.3) is 5.56 Å². The number of hydrogen-bond donors (Lipinski definition) is 2. The second kappa shape index (κ2) is 6.24. The highest BCUT2D eigenvalue weighted by atomic mass is 32.1. The Kier molecular flexibility index (Phi) is 4.57. The average molecular weight is 326 g/mol. The number of fused-ring (bicyclic) bond motifs is 1. The molecule has 0 saturated carbocycles. The molecule has 8 nitrogen and oxygen atoms in total. The predicted molar refractivity (Wildman–Crippen MR) is 78.8 cm³/mol. The van der Waals surface area contributed by atoms with Crippen molar-refractivity contribution >= 4 is 33.5 Å². The number of nitrogens with zero attached hydrogens (tertiary/aromatic N) is 2. The van der Waals surface area contributed by atoms with E-state index >= 15 is 0 Å². The van der Waals surface area contributed by atoms with E-state index in [9.17, 15) is 19.5 Å². The molecule has 9 heteroatoms. The van der Waals surface area contributed by atoms with E-state index in [-0.39, 0.29) is 34.6 Å². The molecule has 2 rings (SSSR count). The monoisotopic (exact) mass is 326 g/mol. The summed E-state index contributed by atoms with van der Waals surface area (Å²) in [7, 11) is 1.48. The molecule has 0 spiro atoms. The van der Waals surface area contributed by atoms with Gasteiger partial charge in [0.1, 0.15) is 16.7 Å². The molecular formula is C13H14N2O6S. The molecule has 0 aliphatic rings. The molecule has 0 saturated heterocycles. The fourth-order valence-electron chi connectivity index (χ4n) is 2.08. The van der Waals surface area contributed by atoms with Gasteiger partial charge in [-0.3, -0.25) is 9.36 Å². The number of carboxylic acid groups (broad SMARTS) is 2. The summed E-state index contributed by atoms with van der Waals surface area (Å²) in [6.45, 7) is 1.61. The van der Waals surface area contributed by atoms with Gasteiger partial charge in [-0.15, -0.1) is 11.3 Å². The number of hydrogen-bond acceptors (Lipinski definition) is 6. The SMILES string of the molecule is COCCc1nc2scc(C(=O)O)c2c(=O)n1C(C)C(=O)O. The van der Waals surface area contributed by atoms with Gasteiger partial charge >= 0.3 is 11.9 Å². The zero-order chi connectivity index (χ0) is 16.4. The molecule has 118 valence electrons. The molecule has 2 N–H and O–H groups in total. The van der Waals surface area contributed by atoms with Gasteiger partial charge in [-0.25, -0.2) is 14.6 Å². The van der Waals surface area contributed by atoms with Crippen molar-refractivity contribution in [1.29, 1.82) is 0 Å². The van der Waals surface area contributed by atoms with Crippen molar-refractivity contribution in [3.8, 4) is 0 Å². The van der Waals surface area contributed by atoms with E-state index in [0.717, 1.165) is 15.9 Å². The normalized spacial score (nSPS) is 12.5. The fourth-order valence-corrected chi connectivity index (χ4v) is 3.00. The van der Waals surface area contributed by atoms with Crippen molar-refractivity contribution in [2.45, 2.75) is 19.4 Å². The molecular weight excluding hydrogens is 312 g/mol. The Morgan fingerprint density at radius 1 is 1.45 bits per heavy atom. The number of aromatic nitrogens is 2. The standard InChI is InChI=1S/C13H14N2O6S/c1-6(12(17)18)15-8(3-4-21-2)14-10-9(11(15)16)7(5-22-10)13(19)20/h5-6H,3-4H2,1-2H3,(H,17,18)(H,19,20). The van der Waals surface area contributed by atoms with Crippen molar-refractivity contribution in [2.75, 3.05) is 13.7 Å². The maximum absolute atomic E-state index is 12.6. The van der Waals surface area contributed by atoms with Crippen LogP contribution in [0.4, 0.5) is 0 Å². The number of methoxy groups -OCH3 is 1. The molecule has 0 amide bonds. The van der Waals surface area contributed by atoms with Gasteiger partial charge < -0.3 is 14.9 Å². The van der Waals surface area contributed by atoms with E-state index in [1.54, 1.807) is 0 Å². The molecule has 2 aromatic rings. The zero-order valence-electron chi connectivity index (χ0n) is 11.9. The number of rotatable bonds is 6. The summed E-state index contributed by atoms with van der Waals surface area (Å²) in [5.41, 5.74) is -0.827. The van der Waals surface area contributed by atoms with Crippen molar-refractivity contribution in [3.05, 3.63) is 27.1 Å². The minimum Gasteiger partial charge on any atom is -0.480 e. The van der Waals surface area contributed by atoms with Crippen LogP contribution in [0.25, 0.3) is 10.2 Å². The summed E-state index contributed by atoms with van der Waals surface area (Å²) >= 11 is 1.04. The number of carboxylic acids is 2. The van der Waals surface area contributed by atoms with E-state index in [4.69, 9.17) is 9.84 Å². The van der Waals surface area contributed by atoms with E-state index < -0.39 is 23.5 Å². The van der Waals surface area contributed by atoms with Crippen molar-refractivity contribution in [1.82, 2.24) is 9.55 Å². The molecule has 0 bridgehead atoms. The maximum atomic E-state index is 12.6. The van der Waals surface area contributed by atoms with Crippen LogP contribution < -0.4 is 5.56 Å². The molecule has 1 atom stereocenters. The van der Waals surface area contributed by atoms with Gasteiger partial charge in [0, 0.05) is 18.9 Å². The number of aliphatic carboxylic acids is 1. The largest absolute Gasteiger partial charge is 0.480 e. The van der Waals surface area contributed by atoms with Gasteiger partial charge in [0.2, 0.25) is 0 Å². The Morgan fingerprint density at radius 2 is 2.14 bits per heavy atom. The highest BCUT2D eigenvalue weighted by Crippen LogP contribution is 2.23. The highest BCUT2D eigenvalue weighted by Gasteiger charge is 2.24. The third-order valence-electron chi connectivity index (χ3n) is 3.22. The Bertz CT molecular complexity index is 794. The summed E-state index contributed by atoms with van der Waals surface area (Å²) in [5, 5.41) is 19.6. The lowest BCUT2D eigenvalue weighted by Gasteiger charge is -2.15. The number of thiophene rings is 1. The molecule has 0 radical (unpaired) electrons. The predicted octanol–water partition coefficient (Wildman–Crippen LogP) is 0.991. The second-order valence-corrected chi connectivity index (χ2v) is 5.45. The third-order valence-corrected chi connectivity index (χ3v) is 4.09. The first-order valence-corrected chi connectivity index (χ1v) is 7.24. The van der Waals surface area contributed by atoms with Crippen LogP contribution in [0, 0.1) is 0 Å². The van der Waals surface area contributed by atoms with Gasteiger partial charge in [0.05, 0.1) is 17.6 Å². The molecule has 22 heavy (non-hydrogen) atoms. The lowest BCUT2D eigenvalue weighted by atomic mass is 10.2. The number of aromatic carboxylic acids is 1. The fraction of sp³-hybridized carbons (Fsp3) is 0.385. The molecule has 0 fully saturated rings. The third kappa shape index (κ3) is 2.72.